The van der Waals surface area contributed by atoms with E-state index in [9.17, 15) is 13.2 Å². The van der Waals surface area contributed by atoms with Crippen molar-refractivity contribution in [1.29, 1.82) is 0 Å². The largest absolute Gasteiger partial charge is 0.495 e. The van der Waals surface area contributed by atoms with Crippen molar-refractivity contribution in [3.63, 3.8) is 0 Å². The number of rotatable bonds is 6. The first-order valence-corrected chi connectivity index (χ1v) is 12.2. The SMILES string of the molecule is COc1ccc(C(=O)N[C@H](C)c2ccccc2Br)cc1S(=O)(=O)N1CCCC[C@@H]1C. The van der Waals surface area contributed by atoms with E-state index in [4.69, 9.17) is 4.74 Å². The molecule has 1 heterocycles. The number of sulfonamides is 1. The van der Waals surface area contributed by atoms with Crippen LogP contribution in [0, 0.1) is 0 Å². The second kappa shape index (κ2) is 9.49. The third kappa shape index (κ3) is 4.71. The zero-order chi connectivity index (χ0) is 21.9. The summed E-state index contributed by atoms with van der Waals surface area (Å²) in [6.45, 7) is 4.27. The lowest BCUT2D eigenvalue weighted by atomic mass is 10.1. The Morgan fingerprint density at radius 2 is 1.97 bits per heavy atom. The van der Waals surface area contributed by atoms with Crippen LogP contribution in [0.5, 0.6) is 5.75 Å². The minimum Gasteiger partial charge on any atom is -0.495 e. The van der Waals surface area contributed by atoms with E-state index in [1.165, 1.54) is 17.5 Å². The topological polar surface area (TPSA) is 75.7 Å². The summed E-state index contributed by atoms with van der Waals surface area (Å²) < 4.78 is 34.4. The van der Waals surface area contributed by atoms with Crippen LogP contribution in [0.15, 0.2) is 51.8 Å². The predicted octanol–water partition coefficient (Wildman–Crippen LogP) is 4.51. The highest BCUT2D eigenvalue weighted by Gasteiger charge is 2.33. The van der Waals surface area contributed by atoms with Gasteiger partial charge in [-0.1, -0.05) is 40.5 Å². The summed E-state index contributed by atoms with van der Waals surface area (Å²) in [5.74, 6) is -0.104. The summed E-state index contributed by atoms with van der Waals surface area (Å²) in [7, 11) is -2.34. The molecule has 162 valence electrons. The zero-order valence-corrected chi connectivity index (χ0v) is 19.8. The van der Waals surface area contributed by atoms with Crippen LogP contribution in [0.2, 0.25) is 0 Å². The molecule has 0 aromatic heterocycles. The Kier molecular flexibility index (Phi) is 7.21. The second-order valence-corrected chi connectivity index (χ2v) is 10.3. The van der Waals surface area contributed by atoms with E-state index in [1.54, 1.807) is 12.1 Å². The molecule has 0 radical (unpaired) electrons. The van der Waals surface area contributed by atoms with Crippen molar-refractivity contribution in [2.45, 2.75) is 50.1 Å². The first kappa shape index (κ1) is 22.8. The number of methoxy groups -OCH3 is 1. The van der Waals surface area contributed by atoms with Gasteiger partial charge in [-0.3, -0.25) is 4.79 Å². The third-order valence-corrected chi connectivity index (χ3v) is 8.23. The van der Waals surface area contributed by atoms with Crippen LogP contribution < -0.4 is 10.1 Å². The number of amides is 1. The molecule has 8 heteroatoms. The molecular weight excluding hydrogens is 468 g/mol. The first-order valence-electron chi connectivity index (χ1n) is 10.0. The molecule has 1 amide bonds. The standard InChI is InChI=1S/C22H27BrN2O4S/c1-15-8-6-7-13-25(15)30(27,28)21-14-17(11-12-20(21)29-3)22(26)24-16(2)18-9-4-5-10-19(18)23/h4-5,9-12,14-16H,6-8,13H2,1-3H3,(H,24,26)/t15-,16+/m0/s1. The van der Waals surface area contributed by atoms with Crippen molar-refractivity contribution in [1.82, 2.24) is 9.62 Å². The number of carbonyl (C=O) groups excluding carboxylic acids is 1. The molecule has 0 saturated carbocycles. The Balaban J connectivity index is 1.90. The molecule has 1 N–H and O–H groups in total. The molecule has 1 aliphatic rings. The molecule has 30 heavy (non-hydrogen) atoms. The fraction of sp³-hybridized carbons (Fsp3) is 0.409. The molecule has 2 aromatic rings. The highest BCUT2D eigenvalue weighted by molar-refractivity contribution is 9.10. The molecule has 2 aromatic carbocycles. The monoisotopic (exact) mass is 494 g/mol. The average Bonchev–Trinajstić information content (AvgIpc) is 2.73. The van der Waals surface area contributed by atoms with Crippen molar-refractivity contribution >= 4 is 31.9 Å². The van der Waals surface area contributed by atoms with Crippen LogP contribution in [0.25, 0.3) is 0 Å². The maximum Gasteiger partial charge on any atom is 0.251 e. The van der Waals surface area contributed by atoms with Crippen LogP contribution in [0.4, 0.5) is 0 Å². The number of carbonyl (C=O) groups is 1. The van der Waals surface area contributed by atoms with Gasteiger partial charge in [0.05, 0.1) is 13.2 Å². The lowest BCUT2D eigenvalue weighted by molar-refractivity contribution is 0.0939. The van der Waals surface area contributed by atoms with E-state index in [0.717, 1.165) is 29.3 Å². The number of nitrogens with zero attached hydrogens (tertiary/aromatic N) is 1. The lowest BCUT2D eigenvalue weighted by Crippen LogP contribution is -2.42. The van der Waals surface area contributed by atoms with Gasteiger partial charge in [-0.25, -0.2) is 8.42 Å². The minimum atomic E-state index is -3.78. The van der Waals surface area contributed by atoms with Gasteiger partial charge in [-0.2, -0.15) is 4.31 Å². The van der Waals surface area contributed by atoms with E-state index >= 15 is 0 Å². The third-order valence-electron chi connectivity index (χ3n) is 5.47. The van der Waals surface area contributed by atoms with Crippen LogP contribution in [-0.4, -0.2) is 38.3 Å². The fourth-order valence-corrected chi connectivity index (χ4v) is 6.27. The normalized spacial score (nSPS) is 18.6. The van der Waals surface area contributed by atoms with Crippen LogP contribution in [0.1, 0.15) is 55.1 Å². The number of nitrogens with one attached hydrogen (secondary N) is 1. The van der Waals surface area contributed by atoms with E-state index < -0.39 is 10.0 Å². The molecule has 0 spiro atoms. The van der Waals surface area contributed by atoms with Crippen LogP contribution in [0.3, 0.4) is 0 Å². The Hall–Kier alpha value is -1.90. The molecular formula is C22H27BrN2O4S. The molecule has 3 rings (SSSR count). The van der Waals surface area contributed by atoms with Crippen molar-refractivity contribution in [2.24, 2.45) is 0 Å². The Labute approximate surface area is 186 Å². The van der Waals surface area contributed by atoms with Crippen LogP contribution >= 0.6 is 15.9 Å². The van der Waals surface area contributed by atoms with Crippen molar-refractivity contribution in [3.8, 4) is 5.75 Å². The Morgan fingerprint density at radius 1 is 1.23 bits per heavy atom. The smallest absolute Gasteiger partial charge is 0.251 e. The highest BCUT2D eigenvalue weighted by Crippen LogP contribution is 2.32. The fourth-order valence-electron chi connectivity index (χ4n) is 3.76. The first-order chi connectivity index (χ1) is 14.3. The maximum atomic E-state index is 13.3. The van der Waals surface area contributed by atoms with E-state index in [0.29, 0.717) is 6.54 Å². The average molecular weight is 495 g/mol. The Morgan fingerprint density at radius 3 is 2.63 bits per heavy atom. The van der Waals surface area contributed by atoms with Crippen molar-refractivity contribution in [2.75, 3.05) is 13.7 Å². The number of benzene rings is 2. The molecule has 1 saturated heterocycles. The quantitative estimate of drug-likeness (QED) is 0.640. The van der Waals surface area contributed by atoms with Gasteiger partial charge in [-0.05, 0) is 56.5 Å². The second-order valence-electron chi connectivity index (χ2n) is 7.54. The minimum absolute atomic E-state index is 0.0277. The Bertz CT molecular complexity index is 1030. The summed E-state index contributed by atoms with van der Waals surface area (Å²) in [6.07, 6.45) is 2.67. The van der Waals surface area contributed by atoms with Crippen molar-refractivity contribution < 1.29 is 17.9 Å². The molecule has 0 aliphatic carbocycles. The number of hydrogen-bond acceptors (Lipinski definition) is 4. The summed E-state index contributed by atoms with van der Waals surface area (Å²) in [4.78, 5) is 12.9. The molecule has 0 unspecified atom stereocenters. The van der Waals surface area contributed by atoms with Crippen LogP contribution in [-0.2, 0) is 10.0 Å². The summed E-state index contributed by atoms with van der Waals surface area (Å²) in [5, 5.41) is 2.94. The van der Waals surface area contributed by atoms with E-state index in [-0.39, 0.29) is 34.2 Å². The highest BCUT2D eigenvalue weighted by atomic mass is 79.9. The van der Waals surface area contributed by atoms with Gasteiger partial charge in [0.2, 0.25) is 10.0 Å². The van der Waals surface area contributed by atoms with Gasteiger partial charge < -0.3 is 10.1 Å². The van der Waals surface area contributed by atoms with Gasteiger partial charge >= 0.3 is 0 Å². The molecule has 1 aliphatic heterocycles. The number of piperidine rings is 1. The molecule has 6 nitrogen and oxygen atoms in total. The van der Waals surface area contributed by atoms with E-state index in [2.05, 4.69) is 21.2 Å². The number of ether oxygens (including phenoxy) is 1. The molecule has 1 fully saturated rings. The summed E-state index contributed by atoms with van der Waals surface area (Å²) >= 11 is 3.50. The summed E-state index contributed by atoms with van der Waals surface area (Å²) in [5.41, 5.74) is 1.22. The van der Waals surface area contributed by atoms with Gasteiger partial charge in [0.25, 0.3) is 5.91 Å². The molecule has 0 bridgehead atoms. The zero-order valence-electron chi connectivity index (χ0n) is 17.4. The van der Waals surface area contributed by atoms with Gasteiger partial charge in [0.1, 0.15) is 10.6 Å². The van der Waals surface area contributed by atoms with E-state index in [1.807, 2.05) is 38.1 Å². The molecule has 2 atom stereocenters. The van der Waals surface area contributed by atoms with Gasteiger partial charge in [-0.15, -0.1) is 0 Å². The number of hydrogen-bond donors (Lipinski definition) is 1. The maximum absolute atomic E-state index is 13.3. The lowest BCUT2D eigenvalue weighted by Gasteiger charge is -2.32. The number of halogens is 1. The predicted molar refractivity (Wildman–Crippen MR) is 120 cm³/mol. The van der Waals surface area contributed by atoms with Gasteiger partial charge in [0, 0.05) is 22.6 Å². The van der Waals surface area contributed by atoms with Crippen molar-refractivity contribution in [3.05, 3.63) is 58.1 Å². The summed E-state index contributed by atoms with van der Waals surface area (Å²) in [6, 6.07) is 11.9. The van der Waals surface area contributed by atoms with Gasteiger partial charge in [0.15, 0.2) is 0 Å².